The molecule has 1 aliphatic heterocycles. The highest BCUT2D eigenvalue weighted by atomic mass is 32.2. The van der Waals surface area contributed by atoms with Gasteiger partial charge in [-0.15, -0.1) is 0 Å². The number of sulfonamides is 1. The third-order valence-electron chi connectivity index (χ3n) is 4.47. The number of hydrogen-bond donors (Lipinski definition) is 1. The Morgan fingerprint density at radius 1 is 1.33 bits per heavy atom. The van der Waals surface area contributed by atoms with Crippen LogP contribution in [0.4, 0.5) is 10.1 Å². The van der Waals surface area contributed by atoms with Crippen molar-refractivity contribution < 1.29 is 22.3 Å². The number of nitrogens with one attached hydrogen (secondary N) is 1. The van der Waals surface area contributed by atoms with Gasteiger partial charge in [0.05, 0.1) is 25.2 Å². The SMILES string of the molecule is CC[C@@H](C(=O)NCCCN1CCOCC1)N(c1ccccc1F)S(C)(=O)=O. The zero-order valence-corrected chi connectivity index (χ0v) is 16.7. The molecule has 0 saturated carbocycles. The van der Waals surface area contributed by atoms with Gasteiger partial charge in [-0.2, -0.15) is 0 Å². The molecule has 1 amide bonds. The van der Waals surface area contributed by atoms with Crippen LogP contribution in [0.25, 0.3) is 0 Å². The zero-order chi connectivity index (χ0) is 19.9. The Bertz CT molecular complexity index is 723. The first kappa shape index (κ1) is 21.6. The second-order valence-electron chi connectivity index (χ2n) is 6.53. The number of para-hydroxylation sites is 1. The van der Waals surface area contributed by atoms with Crippen LogP contribution in [0.1, 0.15) is 19.8 Å². The van der Waals surface area contributed by atoms with Crippen molar-refractivity contribution in [3.05, 3.63) is 30.1 Å². The maximum Gasteiger partial charge on any atom is 0.243 e. The molecule has 1 heterocycles. The lowest BCUT2D eigenvalue weighted by Crippen LogP contribution is -2.50. The van der Waals surface area contributed by atoms with Crippen molar-refractivity contribution in [2.45, 2.75) is 25.8 Å². The topological polar surface area (TPSA) is 79.0 Å². The molecule has 27 heavy (non-hydrogen) atoms. The summed E-state index contributed by atoms with van der Waals surface area (Å²) in [6, 6.07) is 4.57. The van der Waals surface area contributed by atoms with Gasteiger partial charge in [-0.25, -0.2) is 12.8 Å². The lowest BCUT2D eigenvalue weighted by molar-refractivity contribution is -0.122. The summed E-state index contributed by atoms with van der Waals surface area (Å²) in [4.78, 5) is 14.9. The largest absolute Gasteiger partial charge is 0.379 e. The van der Waals surface area contributed by atoms with E-state index in [2.05, 4.69) is 10.2 Å². The molecule has 7 nitrogen and oxygen atoms in total. The van der Waals surface area contributed by atoms with Crippen LogP contribution in [-0.4, -0.2) is 70.9 Å². The fourth-order valence-electron chi connectivity index (χ4n) is 3.12. The van der Waals surface area contributed by atoms with Crippen molar-refractivity contribution in [2.24, 2.45) is 0 Å². The van der Waals surface area contributed by atoms with Gasteiger partial charge in [-0.3, -0.25) is 14.0 Å². The maximum absolute atomic E-state index is 14.2. The summed E-state index contributed by atoms with van der Waals surface area (Å²) >= 11 is 0. The number of rotatable bonds is 9. The van der Waals surface area contributed by atoms with Crippen molar-refractivity contribution in [3.8, 4) is 0 Å². The molecule has 1 fully saturated rings. The maximum atomic E-state index is 14.2. The molecule has 0 spiro atoms. The minimum atomic E-state index is -3.83. The van der Waals surface area contributed by atoms with Crippen LogP contribution in [0.15, 0.2) is 24.3 Å². The molecular formula is C18H28FN3O4S. The fourth-order valence-corrected chi connectivity index (χ4v) is 4.34. The molecule has 1 saturated heterocycles. The molecule has 1 aliphatic rings. The minimum Gasteiger partial charge on any atom is -0.379 e. The summed E-state index contributed by atoms with van der Waals surface area (Å²) in [6.07, 6.45) is 1.96. The standard InChI is InChI=1S/C18H28FN3O4S/c1-3-16(18(23)20-9-6-10-21-11-13-26-14-12-21)22(27(2,24)25)17-8-5-4-7-15(17)19/h4-5,7-8,16H,3,6,9-14H2,1-2H3,(H,20,23)/t16-/m0/s1. The molecule has 0 unspecified atom stereocenters. The van der Waals surface area contributed by atoms with Crippen molar-refractivity contribution in [1.29, 1.82) is 0 Å². The normalized spacial score (nSPS) is 16.7. The number of morpholine rings is 1. The van der Waals surface area contributed by atoms with Crippen molar-refractivity contribution >= 4 is 21.6 Å². The number of carbonyl (C=O) groups is 1. The van der Waals surface area contributed by atoms with E-state index in [1.54, 1.807) is 13.0 Å². The summed E-state index contributed by atoms with van der Waals surface area (Å²) < 4.78 is 44.9. The van der Waals surface area contributed by atoms with Crippen LogP contribution in [-0.2, 0) is 19.6 Å². The molecule has 0 aliphatic carbocycles. The van der Waals surface area contributed by atoms with Crippen molar-refractivity contribution in [1.82, 2.24) is 10.2 Å². The molecule has 0 aromatic heterocycles. The Morgan fingerprint density at radius 2 is 2.00 bits per heavy atom. The van der Waals surface area contributed by atoms with Crippen molar-refractivity contribution in [2.75, 3.05) is 50.0 Å². The van der Waals surface area contributed by atoms with Gasteiger partial charge < -0.3 is 10.1 Å². The molecule has 0 bridgehead atoms. The average Bonchev–Trinajstić information content (AvgIpc) is 2.64. The van der Waals surface area contributed by atoms with Gasteiger partial charge in [0.25, 0.3) is 0 Å². The van der Waals surface area contributed by atoms with Gasteiger partial charge in [-0.05, 0) is 31.5 Å². The number of hydrogen-bond acceptors (Lipinski definition) is 5. The van der Waals surface area contributed by atoms with E-state index in [4.69, 9.17) is 4.74 Å². The van der Waals surface area contributed by atoms with E-state index in [0.717, 1.165) is 49.8 Å². The Kier molecular flexibility index (Phi) is 8.00. The number of benzene rings is 1. The van der Waals surface area contributed by atoms with Crippen LogP contribution in [0, 0.1) is 5.82 Å². The molecule has 2 rings (SSSR count). The van der Waals surface area contributed by atoms with E-state index >= 15 is 0 Å². The van der Waals surface area contributed by atoms with E-state index < -0.39 is 27.8 Å². The fraction of sp³-hybridized carbons (Fsp3) is 0.611. The van der Waals surface area contributed by atoms with E-state index in [0.29, 0.717) is 6.54 Å². The number of ether oxygens (including phenoxy) is 1. The predicted molar refractivity (Wildman–Crippen MR) is 103 cm³/mol. The summed E-state index contributed by atoms with van der Waals surface area (Å²) in [5.41, 5.74) is -0.115. The molecule has 9 heteroatoms. The van der Waals surface area contributed by atoms with Crippen LogP contribution < -0.4 is 9.62 Å². The minimum absolute atomic E-state index is 0.115. The quantitative estimate of drug-likeness (QED) is 0.630. The molecule has 0 radical (unpaired) electrons. The number of nitrogens with zero attached hydrogens (tertiary/aromatic N) is 2. The first-order chi connectivity index (χ1) is 12.8. The first-order valence-electron chi connectivity index (χ1n) is 9.16. The molecule has 1 N–H and O–H groups in total. The lowest BCUT2D eigenvalue weighted by atomic mass is 10.2. The van der Waals surface area contributed by atoms with E-state index in [9.17, 15) is 17.6 Å². The van der Waals surface area contributed by atoms with Crippen LogP contribution in [0.5, 0.6) is 0 Å². The van der Waals surface area contributed by atoms with Gasteiger partial charge in [0, 0.05) is 19.6 Å². The number of carbonyl (C=O) groups excluding carboxylic acids is 1. The van der Waals surface area contributed by atoms with Gasteiger partial charge in [0.15, 0.2) is 0 Å². The number of amides is 1. The van der Waals surface area contributed by atoms with Crippen LogP contribution >= 0.6 is 0 Å². The number of anilines is 1. The van der Waals surface area contributed by atoms with Gasteiger partial charge in [-0.1, -0.05) is 19.1 Å². The van der Waals surface area contributed by atoms with Gasteiger partial charge in [0.2, 0.25) is 15.9 Å². The van der Waals surface area contributed by atoms with Crippen molar-refractivity contribution in [3.63, 3.8) is 0 Å². The lowest BCUT2D eigenvalue weighted by Gasteiger charge is -2.30. The second-order valence-corrected chi connectivity index (χ2v) is 8.39. The highest BCUT2D eigenvalue weighted by Gasteiger charge is 2.32. The molecule has 1 aromatic carbocycles. The third-order valence-corrected chi connectivity index (χ3v) is 5.64. The predicted octanol–water partition coefficient (Wildman–Crippen LogP) is 1.21. The molecule has 1 aromatic rings. The second kappa shape index (κ2) is 10.0. The Balaban J connectivity index is 2.00. The Hall–Kier alpha value is -1.71. The average molecular weight is 402 g/mol. The monoisotopic (exact) mass is 401 g/mol. The van der Waals surface area contributed by atoms with Crippen LogP contribution in [0.3, 0.4) is 0 Å². The summed E-state index contributed by atoms with van der Waals surface area (Å²) in [5.74, 6) is -1.10. The number of halogens is 1. The highest BCUT2D eigenvalue weighted by molar-refractivity contribution is 7.92. The summed E-state index contributed by atoms with van der Waals surface area (Å²) in [5, 5.41) is 2.79. The van der Waals surface area contributed by atoms with E-state index in [-0.39, 0.29) is 12.1 Å². The Morgan fingerprint density at radius 3 is 2.59 bits per heavy atom. The van der Waals surface area contributed by atoms with Crippen LogP contribution in [0.2, 0.25) is 0 Å². The van der Waals surface area contributed by atoms with Gasteiger partial charge >= 0.3 is 0 Å². The first-order valence-corrected chi connectivity index (χ1v) is 11.0. The van der Waals surface area contributed by atoms with E-state index in [1.807, 2.05) is 0 Å². The molecule has 152 valence electrons. The van der Waals surface area contributed by atoms with E-state index in [1.165, 1.54) is 18.2 Å². The third kappa shape index (κ3) is 6.15. The summed E-state index contributed by atoms with van der Waals surface area (Å²) in [7, 11) is -3.83. The molecular weight excluding hydrogens is 373 g/mol. The molecule has 1 atom stereocenters. The zero-order valence-electron chi connectivity index (χ0n) is 15.9. The summed E-state index contributed by atoms with van der Waals surface area (Å²) in [6.45, 7) is 6.16. The smallest absolute Gasteiger partial charge is 0.243 e. The van der Waals surface area contributed by atoms with Gasteiger partial charge in [0.1, 0.15) is 11.9 Å². The highest BCUT2D eigenvalue weighted by Crippen LogP contribution is 2.25. The Labute approximate surface area is 160 Å².